The van der Waals surface area contributed by atoms with Gasteiger partial charge in [0, 0.05) is 13.1 Å². The van der Waals surface area contributed by atoms with Crippen LogP contribution >= 0.6 is 34.7 Å². The third-order valence-electron chi connectivity index (χ3n) is 3.73. The lowest BCUT2D eigenvalue weighted by Gasteiger charge is -2.34. The van der Waals surface area contributed by atoms with Crippen LogP contribution in [0, 0.1) is 11.8 Å². The Balaban J connectivity index is 1.56. The number of amides is 1. The van der Waals surface area contributed by atoms with Crippen LogP contribution in [0.2, 0.25) is 4.34 Å². The van der Waals surface area contributed by atoms with Gasteiger partial charge in [-0.2, -0.15) is 0 Å². The fourth-order valence-corrected chi connectivity index (χ4v) is 4.51. The minimum Gasteiger partial charge on any atom is -0.410 e. The predicted octanol–water partition coefficient (Wildman–Crippen LogP) is 4.05. The molecule has 0 radical (unpaired) electrons. The summed E-state index contributed by atoms with van der Waals surface area (Å²) in [5.41, 5.74) is 0. The van der Waals surface area contributed by atoms with E-state index in [1.54, 1.807) is 6.07 Å². The van der Waals surface area contributed by atoms with Crippen LogP contribution in [0.4, 0.5) is 0 Å². The minimum atomic E-state index is 0.132. The van der Waals surface area contributed by atoms with Crippen LogP contribution in [0.15, 0.2) is 21.8 Å². The van der Waals surface area contributed by atoms with Crippen molar-refractivity contribution in [2.45, 2.75) is 25.5 Å². The Morgan fingerprint density at radius 3 is 2.78 bits per heavy atom. The Kier molecular flexibility index (Phi) is 5.28. The molecule has 3 heterocycles. The van der Waals surface area contributed by atoms with E-state index in [0.717, 1.165) is 18.0 Å². The first-order valence-corrected chi connectivity index (χ1v) is 9.69. The molecule has 8 heteroatoms. The monoisotopic (exact) mass is 371 g/mol. The number of thioether (sulfide) groups is 1. The van der Waals surface area contributed by atoms with Crippen molar-refractivity contribution in [1.29, 1.82) is 0 Å². The number of hydrogen-bond acceptors (Lipinski definition) is 6. The zero-order valence-corrected chi connectivity index (χ0v) is 15.4. The number of piperidine rings is 1. The van der Waals surface area contributed by atoms with E-state index in [4.69, 9.17) is 16.0 Å². The van der Waals surface area contributed by atoms with E-state index in [9.17, 15) is 4.79 Å². The van der Waals surface area contributed by atoms with Crippen LogP contribution in [-0.4, -0.2) is 39.8 Å². The van der Waals surface area contributed by atoms with E-state index in [0.29, 0.717) is 33.0 Å². The number of halogens is 1. The van der Waals surface area contributed by atoms with Crippen molar-refractivity contribution in [3.8, 4) is 10.8 Å². The number of rotatable bonds is 4. The van der Waals surface area contributed by atoms with Gasteiger partial charge in [0.25, 0.3) is 11.1 Å². The minimum absolute atomic E-state index is 0.132. The third kappa shape index (κ3) is 4.28. The van der Waals surface area contributed by atoms with E-state index in [-0.39, 0.29) is 5.91 Å². The van der Waals surface area contributed by atoms with Gasteiger partial charge in [0.15, 0.2) is 0 Å². The summed E-state index contributed by atoms with van der Waals surface area (Å²) in [6, 6.07) is 3.64. The van der Waals surface area contributed by atoms with Gasteiger partial charge in [0.1, 0.15) is 0 Å². The fraction of sp³-hybridized carbons (Fsp3) is 0.533. The second-order valence-corrected chi connectivity index (χ2v) is 8.65. The quantitative estimate of drug-likeness (QED) is 0.759. The second-order valence-electron chi connectivity index (χ2n) is 6.01. The Bertz CT molecular complexity index is 678. The van der Waals surface area contributed by atoms with Crippen LogP contribution in [0.3, 0.4) is 0 Å². The summed E-state index contributed by atoms with van der Waals surface area (Å²) in [5, 5.41) is 8.40. The van der Waals surface area contributed by atoms with E-state index >= 15 is 0 Å². The lowest BCUT2D eigenvalue weighted by Crippen LogP contribution is -2.43. The summed E-state index contributed by atoms with van der Waals surface area (Å²) in [6.45, 7) is 6.07. The molecular weight excluding hydrogens is 354 g/mol. The molecule has 0 aromatic carbocycles. The smallest absolute Gasteiger partial charge is 0.277 e. The number of nitrogens with zero attached hydrogens (tertiary/aromatic N) is 3. The Labute approximate surface area is 148 Å². The molecule has 0 N–H and O–H groups in total. The van der Waals surface area contributed by atoms with Gasteiger partial charge in [0.05, 0.1) is 15.0 Å². The molecule has 5 nitrogen and oxygen atoms in total. The molecule has 2 aromatic rings. The Morgan fingerprint density at radius 2 is 2.13 bits per heavy atom. The van der Waals surface area contributed by atoms with Gasteiger partial charge in [-0.25, -0.2) is 0 Å². The maximum atomic E-state index is 12.3. The maximum absolute atomic E-state index is 12.3. The summed E-state index contributed by atoms with van der Waals surface area (Å²) < 4.78 is 6.26. The molecule has 0 unspecified atom stereocenters. The lowest BCUT2D eigenvalue weighted by atomic mass is 9.92. The van der Waals surface area contributed by atoms with E-state index < -0.39 is 0 Å². The Hall–Kier alpha value is -1.05. The predicted molar refractivity (Wildman–Crippen MR) is 92.9 cm³/mol. The number of carbonyl (C=O) groups excluding carboxylic acids is 1. The second kappa shape index (κ2) is 7.23. The molecule has 3 rings (SSSR count). The Morgan fingerprint density at radius 1 is 1.39 bits per heavy atom. The highest BCUT2D eigenvalue weighted by molar-refractivity contribution is 7.99. The van der Waals surface area contributed by atoms with Crippen molar-refractivity contribution < 1.29 is 9.21 Å². The molecule has 23 heavy (non-hydrogen) atoms. The van der Waals surface area contributed by atoms with Gasteiger partial charge >= 0.3 is 0 Å². The molecule has 0 aliphatic carbocycles. The van der Waals surface area contributed by atoms with Crippen LogP contribution in [0.5, 0.6) is 0 Å². The van der Waals surface area contributed by atoms with Crippen molar-refractivity contribution in [3.63, 3.8) is 0 Å². The molecule has 2 aromatic heterocycles. The zero-order chi connectivity index (χ0) is 16.4. The summed E-state index contributed by atoms with van der Waals surface area (Å²) in [4.78, 5) is 15.1. The van der Waals surface area contributed by atoms with Gasteiger partial charge in [0.2, 0.25) is 5.91 Å². The highest BCUT2D eigenvalue weighted by Crippen LogP contribution is 2.31. The first kappa shape index (κ1) is 16.8. The van der Waals surface area contributed by atoms with Crippen molar-refractivity contribution in [2.24, 2.45) is 11.8 Å². The zero-order valence-electron chi connectivity index (χ0n) is 13.0. The number of aromatic nitrogens is 2. The topological polar surface area (TPSA) is 59.2 Å². The average Bonchev–Trinajstić information content (AvgIpc) is 3.12. The average molecular weight is 372 g/mol. The van der Waals surface area contributed by atoms with Crippen LogP contribution in [0.1, 0.15) is 20.3 Å². The molecule has 0 spiro atoms. The van der Waals surface area contributed by atoms with Crippen LogP contribution in [0.25, 0.3) is 10.8 Å². The fourth-order valence-electron chi connectivity index (χ4n) is 2.88. The van der Waals surface area contributed by atoms with Gasteiger partial charge in [-0.15, -0.1) is 21.5 Å². The molecule has 0 saturated carbocycles. The molecule has 2 atom stereocenters. The lowest BCUT2D eigenvalue weighted by molar-refractivity contribution is -0.130. The summed E-state index contributed by atoms with van der Waals surface area (Å²) >= 11 is 8.58. The normalized spacial score (nSPS) is 21.6. The SMILES string of the molecule is C[C@@H]1C[C@@H](C)CN(C(=O)CSc2nnc(-c3ccc(Cl)s3)o2)C1. The molecule has 1 saturated heterocycles. The van der Waals surface area contributed by atoms with E-state index in [2.05, 4.69) is 24.0 Å². The van der Waals surface area contributed by atoms with Crippen molar-refractivity contribution >= 4 is 40.6 Å². The van der Waals surface area contributed by atoms with E-state index in [1.807, 2.05) is 11.0 Å². The number of thiophene rings is 1. The van der Waals surface area contributed by atoms with Crippen LogP contribution < -0.4 is 0 Å². The van der Waals surface area contributed by atoms with Gasteiger partial charge in [-0.3, -0.25) is 4.79 Å². The summed E-state index contributed by atoms with van der Waals surface area (Å²) in [7, 11) is 0. The van der Waals surface area contributed by atoms with Crippen molar-refractivity contribution in [2.75, 3.05) is 18.8 Å². The standard InChI is InChI=1S/C15H18ClN3O2S2/c1-9-5-10(2)7-19(6-9)13(20)8-22-15-18-17-14(21-15)11-3-4-12(16)23-11/h3-4,9-10H,5-8H2,1-2H3/t9-,10-/m1/s1. The molecule has 0 bridgehead atoms. The first-order valence-electron chi connectivity index (χ1n) is 7.51. The van der Waals surface area contributed by atoms with Gasteiger partial charge < -0.3 is 9.32 Å². The van der Waals surface area contributed by atoms with Crippen LogP contribution in [-0.2, 0) is 4.79 Å². The van der Waals surface area contributed by atoms with Gasteiger partial charge in [-0.1, -0.05) is 37.2 Å². The summed E-state index contributed by atoms with van der Waals surface area (Å²) in [5.74, 6) is 2.02. The number of carbonyl (C=O) groups is 1. The highest BCUT2D eigenvalue weighted by atomic mass is 35.5. The molecule has 1 amide bonds. The number of hydrogen-bond donors (Lipinski definition) is 0. The molecular formula is C15H18ClN3O2S2. The molecule has 124 valence electrons. The highest BCUT2D eigenvalue weighted by Gasteiger charge is 2.25. The van der Waals surface area contributed by atoms with Gasteiger partial charge in [-0.05, 0) is 30.4 Å². The molecule has 1 aliphatic heterocycles. The maximum Gasteiger partial charge on any atom is 0.277 e. The van der Waals surface area contributed by atoms with Crippen molar-refractivity contribution in [1.82, 2.24) is 15.1 Å². The van der Waals surface area contributed by atoms with Crippen molar-refractivity contribution in [3.05, 3.63) is 16.5 Å². The first-order chi connectivity index (χ1) is 11.0. The number of likely N-dealkylation sites (tertiary alicyclic amines) is 1. The molecule has 1 fully saturated rings. The summed E-state index contributed by atoms with van der Waals surface area (Å²) in [6.07, 6.45) is 1.19. The largest absolute Gasteiger partial charge is 0.410 e. The third-order valence-corrected chi connectivity index (χ3v) is 5.75. The molecule has 1 aliphatic rings. The van der Waals surface area contributed by atoms with E-state index in [1.165, 1.54) is 29.5 Å².